The summed E-state index contributed by atoms with van der Waals surface area (Å²) in [4.78, 5) is 8.56. The summed E-state index contributed by atoms with van der Waals surface area (Å²) in [5.74, 6) is 0. The Kier molecular flexibility index (Phi) is 13.5. The lowest BCUT2D eigenvalue weighted by atomic mass is 10.2. The first-order valence-corrected chi connectivity index (χ1v) is 3.67. The Morgan fingerprint density at radius 1 is 1.45 bits per heavy atom. The molecule has 66 valence electrons. The van der Waals surface area contributed by atoms with E-state index < -0.39 is 6.16 Å². The molecule has 11 heavy (non-hydrogen) atoms. The molecule has 0 unspecified atom stereocenters. The van der Waals surface area contributed by atoms with Crippen molar-refractivity contribution in [1.82, 2.24) is 0 Å². The van der Waals surface area contributed by atoms with E-state index in [-0.39, 0.29) is 0 Å². The minimum atomic E-state index is -1.83. The van der Waals surface area contributed by atoms with Gasteiger partial charge in [-0.25, -0.2) is 4.79 Å². The molecule has 3 heteroatoms. The van der Waals surface area contributed by atoms with Crippen LogP contribution >= 0.6 is 0 Å². The molecule has 0 aromatic heterocycles. The van der Waals surface area contributed by atoms with Crippen LogP contribution in [0.3, 0.4) is 0 Å². The summed E-state index contributed by atoms with van der Waals surface area (Å²) in [6, 6.07) is 0. The Morgan fingerprint density at radius 3 is 2.18 bits per heavy atom. The molecule has 0 saturated heterocycles. The van der Waals surface area contributed by atoms with Crippen molar-refractivity contribution in [2.45, 2.75) is 32.6 Å². The molecule has 0 aliphatic rings. The minimum absolute atomic E-state index is 1.19. The molecular formula is C8H16O3. The predicted octanol–water partition coefficient (Wildman–Crippen LogP) is 2.98. The van der Waals surface area contributed by atoms with Gasteiger partial charge in [0.05, 0.1) is 0 Å². The zero-order chi connectivity index (χ0) is 9.11. The highest BCUT2D eigenvalue weighted by molar-refractivity contribution is 5.53. The Balaban J connectivity index is 0. The molecule has 0 aromatic carbocycles. The van der Waals surface area contributed by atoms with E-state index in [9.17, 15) is 0 Å². The fraction of sp³-hybridized carbons (Fsp3) is 0.625. The SMILES string of the molecule is C=CCCCCC.O=C(O)O. The summed E-state index contributed by atoms with van der Waals surface area (Å²) in [7, 11) is 0. The van der Waals surface area contributed by atoms with Crippen LogP contribution in [0.4, 0.5) is 4.79 Å². The zero-order valence-corrected chi connectivity index (χ0v) is 6.92. The summed E-state index contributed by atoms with van der Waals surface area (Å²) in [6.45, 7) is 5.84. The summed E-state index contributed by atoms with van der Waals surface area (Å²) < 4.78 is 0. The van der Waals surface area contributed by atoms with Gasteiger partial charge in [0.1, 0.15) is 0 Å². The van der Waals surface area contributed by atoms with E-state index in [1.54, 1.807) is 0 Å². The second kappa shape index (κ2) is 11.8. The van der Waals surface area contributed by atoms with E-state index in [1.165, 1.54) is 25.7 Å². The second-order valence-electron chi connectivity index (χ2n) is 2.07. The van der Waals surface area contributed by atoms with Crippen molar-refractivity contribution in [1.29, 1.82) is 0 Å². The second-order valence-corrected chi connectivity index (χ2v) is 2.07. The summed E-state index contributed by atoms with van der Waals surface area (Å²) in [5, 5.41) is 13.9. The first-order chi connectivity index (χ1) is 5.15. The predicted molar refractivity (Wildman–Crippen MR) is 45.0 cm³/mol. The Morgan fingerprint density at radius 2 is 1.91 bits per heavy atom. The number of unbranched alkanes of at least 4 members (excludes halogenated alkanes) is 3. The molecule has 0 rings (SSSR count). The van der Waals surface area contributed by atoms with Crippen LogP contribution in [0.25, 0.3) is 0 Å². The maximum absolute atomic E-state index is 8.56. The molecule has 0 bridgehead atoms. The topological polar surface area (TPSA) is 57.5 Å². The maximum Gasteiger partial charge on any atom is 0.503 e. The largest absolute Gasteiger partial charge is 0.503 e. The van der Waals surface area contributed by atoms with Crippen LogP contribution in [0.2, 0.25) is 0 Å². The Hall–Kier alpha value is -0.990. The van der Waals surface area contributed by atoms with Crippen molar-refractivity contribution >= 4 is 6.16 Å². The average molecular weight is 160 g/mol. The third-order valence-corrected chi connectivity index (χ3v) is 1.01. The van der Waals surface area contributed by atoms with Crippen LogP contribution in [0.5, 0.6) is 0 Å². The van der Waals surface area contributed by atoms with E-state index in [0.717, 1.165) is 0 Å². The third-order valence-electron chi connectivity index (χ3n) is 1.01. The molecule has 0 spiro atoms. The van der Waals surface area contributed by atoms with Crippen LogP contribution in [-0.2, 0) is 0 Å². The van der Waals surface area contributed by atoms with Crippen molar-refractivity contribution in [3.8, 4) is 0 Å². The first-order valence-electron chi connectivity index (χ1n) is 3.67. The van der Waals surface area contributed by atoms with Crippen LogP contribution in [-0.4, -0.2) is 16.4 Å². The minimum Gasteiger partial charge on any atom is -0.450 e. The lowest BCUT2D eigenvalue weighted by molar-refractivity contribution is 0.137. The van der Waals surface area contributed by atoms with Crippen molar-refractivity contribution in [3.05, 3.63) is 12.7 Å². The molecule has 0 saturated carbocycles. The van der Waals surface area contributed by atoms with Gasteiger partial charge in [-0.3, -0.25) is 0 Å². The van der Waals surface area contributed by atoms with Crippen molar-refractivity contribution in [2.24, 2.45) is 0 Å². The third kappa shape index (κ3) is 48.9. The normalized spacial score (nSPS) is 7.73. The highest BCUT2D eigenvalue weighted by Crippen LogP contribution is 1.97. The highest BCUT2D eigenvalue weighted by Gasteiger charge is 1.77. The molecule has 0 amide bonds. The first kappa shape index (κ1) is 12.7. The lowest BCUT2D eigenvalue weighted by Crippen LogP contribution is -1.81. The molecule has 0 aromatic rings. The molecule has 0 aliphatic heterocycles. The molecule has 0 aliphatic carbocycles. The van der Waals surface area contributed by atoms with E-state index in [1.807, 2.05) is 6.08 Å². The van der Waals surface area contributed by atoms with E-state index in [4.69, 9.17) is 15.0 Å². The van der Waals surface area contributed by atoms with Crippen molar-refractivity contribution in [3.63, 3.8) is 0 Å². The van der Waals surface area contributed by atoms with Crippen LogP contribution in [0.1, 0.15) is 32.6 Å². The fourth-order valence-electron chi connectivity index (χ4n) is 0.539. The summed E-state index contributed by atoms with van der Waals surface area (Å²) >= 11 is 0. The average Bonchev–Trinajstić information content (AvgIpc) is 1.88. The monoisotopic (exact) mass is 160 g/mol. The number of allylic oxidation sites excluding steroid dienone is 1. The number of hydrogen-bond donors (Lipinski definition) is 2. The highest BCUT2D eigenvalue weighted by atomic mass is 16.6. The van der Waals surface area contributed by atoms with Crippen molar-refractivity contribution < 1.29 is 15.0 Å². The molecule has 0 heterocycles. The van der Waals surface area contributed by atoms with Gasteiger partial charge in [0.25, 0.3) is 0 Å². The molecule has 0 fully saturated rings. The van der Waals surface area contributed by atoms with Crippen molar-refractivity contribution in [2.75, 3.05) is 0 Å². The number of carbonyl (C=O) groups is 1. The molecule has 0 radical (unpaired) electrons. The standard InChI is InChI=1S/C7H14.CH2O3/c1-3-5-7-6-4-2;2-1(3)4/h3H,1,4-7H2,2H3;(H2,2,3,4). The molecule has 0 atom stereocenters. The molecule has 2 N–H and O–H groups in total. The van der Waals surface area contributed by atoms with Gasteiger partial charge in [0.2, 0.25) is 0 Å². The van der Waals surface area contributed by atoms with Crippen LogP contribution in [0, 0.1) is 0 Å². The number of carboxylic acid groups (broad SMARTS) is 2. The van der Waals surface area contributed by atoms with Gasteiger partial charge >= 0.3 is 6.16 Å². The Bertz CT molecular complexity index is 95.5. The van der Waals surface area contributed by atoms with E-state index in [0.29, 0.717) is 0 Å². The Labute approximate surface area is 67.4 Å². The van der Waals surface area contributed by atoms with Gasteiger partial charge in [-0.2, -0.15) is 0 Å². The number of hydrogen-bond acceptors (Lipinski definition) is 1. The van der Waals surface area contributed by atoms with Gasteiger partial charge in [-0.15, -0.1) is 6.58 Å². The van der Waals surface area contributed by atoms with Crippen LogP contribution < -0.4 is 0 Å². The van der Waals surface area contributed by atoms with Crippen LogP contribution in [0.15, 0.2) is 12.7 Å². The quantitative estimate of drug-likeness (QED) is 0.491. The van der Waals surface area contributed by atoms with Gasteiger partial charge in [-0.1, -0.05) is 25.8 Å². The van der Waals surface area contributed by atoms with Gasteiger partial charge in [0.15, 0.2) is 0 Å². The summed E-state index contributed by atoms with van der Waals surface area (Å²) in [6.07, 6.45) is 5.32. The molecule has 3 nitrogen and oxygen atoms in total. The fourth-order valence-corrected chi connectivity index (χ4v) is 0.539. The van der Waals surface area contributed by atoms with Gasteiger partial charge in [0, 0.05) is 0 Å². The number of rotatable bonds is 4. The molecular weight excluding hydrogens is 144 g/mol. The maximum atomic E-state index is 8.56. The van der Waals surface area contributed by atoms with Gasteiger partial charge < -0.3 is 10.2 Å². The lowest BCUT2D eigenvalue weighted by Gasteiger charge is -1.87. The summed E-state index contributed by atoms with van der Waals surface area (Å²) in [5.41, 5.74) is 0. The zero-order valence-electron chi connectivity index (χ0n) is 6.92. The smallest absolute Gasteiger partial charge is 0.450 e. The van der Waals surface area contributed by atoms with Gasteiger partial charge in [-0.05, 0) is 12.8 Å². The van der Waals surface area contributed by atoms with E-state index >= 15 is 0 Å². The van der Waals surface area contributed by atoms with E-state index in [2.05, 4.69) is 13.5 Å².